The van der Waals surface area contributed by atoms with Crippen molar-refractivity contribution in [2.24, 2.45) is 5.92 Å². The van der Waals surface area contributed by atoms with Gasteiger partial charge in [-0.3, -0.25) is 14.5 Å². The summed E-state index contributed by atoms with van der Waals surface area (Å²) in [5, 5.41) is 5.59. The highest BCUT2D eigenvalue weighted by atomic mass is 79.9. The number of urea groups is 1. The number of furan rings is 1. The first-order valence-electron chi connectivity index (χ1n) is 10.1. The monoisotopic (exact) mass is 473 g/mol. The van der Waals surface area contributed by atoms with E-state index in [1.165, 1.54) is 0 Å². The predicted molar refractivity (Wildman–Crippen MR) is 114 cm³/mol. The van der Waals surface area contributed by atoms with E-state index in [-0.39, 0.29) is 24.9 Å². The number of carbonyl (C=O) groups is 3. The molecule has 1 spiro atoms. The van der Waals surface area contributed by atoms with E-state index in [1.807, 2.05) is 37.3 Å². The number of hydrogen-bond donors (Lipinski definition) is 2. The van der Waals surface area contributed by atoms with Crippen LogP contribution in [0.1, 0.15) is 38.4 Å². The minimum atomic E-state index is -0.851. The van der Waals surface area contributed by atoms with E-state index in [4.69, 9.17) is 4.42 Å². The summed E-state index contributed by atoms with van der Waals surface area (Å²) in [7, 11) is 0. The summed E-state index contributed by atoms with van der Waals surface area (Å²) in [6.45, 7) is 1.88. The molecule has 2 aromatic rings. The molecule has 0 unspecified atom stereocenters. The second kappa shape index (κ2) is 8.26. The molecule has 1 aromatic heterocycles. The molecule has 1 saturated heterocycles. The van der Waals surface area contributed by atoms with Crippen LogP contribution in [0.5, 0.6) is 0 Å². The molecule has 4 rings (SSSR count). The van der Waals surface area contributed by atoms with Crippen molar-refractivity contribution < 1.29 is 18.8 Å². The van der Waals surface area contributed by atoms with Crippen LogP contribution in [0.3, 0.4) is 0 Å². The molecule has 1 saturated carbocycles. The van der Waals surface area contributed by atoms with Gasteiger partial charge in [0.1, 0.15) is 23.6 Å². The second-order valence-corrected chi connectivity index (χ2v) is 8.90. The van der Waals surface area contributed by atoms with Crippen LogP contribution in [0.4, 0.5) is 4.79 Å². The topological polar surface area (TPSA) is 91.7 Å². The Balaban J connectivity index is 1.35. The quantitative estimate of drug-likeness (QED) is 0.645. The first-order chi connectivity index (χ1) is 14.4. The van der Waals surface area contributed by atoms with Crippen molar-refractivity contribution in [3.05, 3.63) is 46.6 Å². The third-order valence-corrected chi connectivity index (χ3v) is 6.58. The fraction of sp³-hybridized carbons (Fsp3) is 0.409. The zero-order valence-corrected chi connectivity index (χ0v) is 18.3. The zero-order chi connectivity index (χ0) is 21.3. The Morgan fingerprint density at radius 3 is 2.73 bits per heavy atom. The fourth-order valence-electron chi connectivity index (χ4n) is 4.27. The van der Waals surface area contributed by atoms with Gasteiger partial charge < -0.3 is 15.1 Å². The summed E-state index contributed by atoms with van der Waals surface area (Å²) >= 11 is 3.40. The molecule has 2 heterocycles. The summed E-state index contributed by atoms with van der Waals surface area (Å²) in [6, 6.07) is 10.9. The van der Waals surface area contributed by atoms with Crippen molar-refractivity contribution in [1.29, 1.82) is 0 Å². The van der Waals surface area contributed by atoms with Gasteiger partial charge in [-0.25, -0.2) is 4.79 Å². The fourth-order valence-corrected chi connectivity index (χ4v) is 4.53. The average Bonchev–Trinajstić information content (AvgIpc) is 3.29. The highest BCUT2D eigenvalue weighted by Gasteiger charge is 2.55. The van der Waals surface area contributed by atoms with Gasteiger partial charge in [0.05, 0.1) is 6.54 Å². The van der Waals surface area contributed by atoms with Crippen LogP contribution in [0.2, 0.25) is 0 Å². The van der Waals surface area contributed by atoms with Gasteiger partial charge in [0.25, 0.3) is 5.91 Å². The third kappa shape index (κ3) is 3.88. The van der Waals surface area contributed by atoms with Gasteiger partial charge >= 0.3 is 6.03 Å². The van der Waals surface area contributed by atoms with Gasteiger partial charge in [-0.15, -0.1) is 0 Å². The molecule has 0 bridgehead atoms. The number of nitrogens with one attached hydrogen (secondary N) is 2. The molecule has 0 radical (unpaired) electrons. The average molecular weight is 474 g/mol. The molecular weight excluding hydrogens is 450 g/mol. The molecule has 4 amide bonds. The van der Waals surface area contributed by atoms with Crippen LogP contribution in [-0.2, 0) is 16.1 Å². The van der Waals surface area contributed by atoms with Crippen molar-refractivity contribution in [1.82, 2.24) is 15.5 Å². The van der Waals surface area contributed by atoms with Crippen molar-refractivity contribution in [3.63, 3.8) is 0 Å². The lowest BCUT2D eigenvalue weighted by atomic mass is 9.73. The molecular formula is C22H24BrN3O4. The molecule has 2 N–H and O–H groups in total. The molecule has 8 heteroatoms. The highest BCUT2D eigenvalue weighted by molar-refractivity contribution is 9.10. The Kier molecular flexibility index (Phi) is 5.69. The Morgan fingerprint density at radius 2 is 2.00 bits per heavy atom. The first-order valence-corrected chi connectivity index (χ1v) is 10.9. The molecule has 30 heavy (non-hydrogen) atoms. The number of imide groups is 1. The number of amides is 4. The summed E-state index contributed by atoms with van der Waals surface area (Å²) in [5.41, 5.74) is 0.0814. The number of carbonyl (C=O) groups excluding carboxylic acids is 3. The van der Waals surface area contributed by atoms with Gasteiger partial charge in [-0.1, -0.05) is 47.8 Å². The maximum absolute atomic E-state index is 12.9. The van der Waals surface area contributed by atoms with Crippen molar-refractivity contribution >= 4 is 33.8 Å². The first kappa shape index (κ1) is 20.7. The largest absolute Gasteiger partial charge is 0.459 e. The summed E-state index contributed by atoms with van der Waals surface area (Å²) < 4.78 is 6.77. The Labute approximate surface area is 183 Å². The van der Waals surface area contributed by atoms with E-state index in [1.54, 1.807) is 6.07 Å². The van der Waals surface area contributed by atoms with Crippen molar-refractivity contribution in [2.75, 3.05) is 6.54 Å². The third-order valence-electron chi connectivity index (χ3n) is 6.05. The number of halogens is 1. The molecule has 1 aromatic carbocycles. The van der Waals surface area contributed by atoms with Gasteiger partial charge in [-0.2, -0.15) is 0 Å². The maximum atomic E-state index is 12.9. The van der Waals surface area contributed by atoms with Gasteiger partial charge in [0.2, 0.25) is 5.91 Å². The van der Waals surface area contributed by atoms with E-state index in [0.29, 0.717) is 17.9 Å². The Hall–Kier alpha value is -2.61. The SMILES string of the molecule is C[C@H]1CCCC[C@@]12NC(=O)N(CC(=O)NCc1ccc(-c3ccc(Br)cc3)o1)C2=O. The molecule has 2 fully saturated rings. The predicted octanol–water partition coefficient (Wildman–Crippen LogP) is 3.83. The maximum Gasteiger partial charge on any atom is 0.325 e. The lowest BCUT2D eigenvalue weighted by molar-refractivity contribution is -0.137. The lowest BCUT2D eigenvalue weighted by Gasteiger charge is -2.36. The van der Waals surface area contributed by atoms with Crippen molar-refractivity contribution in [3.8, 4) is 11.3 Å². The zero-order valence-electron chi connectivity index (χ0n) is 16.7. The smallest absolute Gasteiger partial charge is 0.325 e. The number of benzene rings is 1. The van der Waals surface area contributed by atoms with E-state index in [0.717, 1.165) is 34.2 Å². The van der Waals surface area contributed by atoms with Crippen molar-refractivity contribution in [2.45, 2.75) is 44.7 Å². The minimum Gasteiger partial charge on any atom is -0.459 e. The van der Waals surface area contributed by atoms with Crippen LogP contribution >= 0.6 is 15.9 Å². The van der Waals surface area contributed by atoms with Gasteiger partial charge in [0, 0.05) is 10.0 Å². The number of nitrogens with zero attached hydrogens (tertiary/aromatic N) is 1. The van der Waals surface area contributed by atoms with Crippen LogP contribution in [0.25, 0.3) is 11.3 Å². The summed E-state index contributed by atoms with van der Waals surface area (Å²) in [4.78, 5) is 38.8. The molecule has 7 nitrogen and oxygen atoms in total. The molecule has 1 aliphatic carbocycles. The van der Waals surface area contributed by atoms with E-state index in [9.17, 15) is 14.4 Å². The minimum absolute atomic E-state index is 0.0657. The standard InChI is InChI=1S/C22H24BrN3O4/c1-14-4-2-3-11-22(14)20(28)26(21(29)25-22)13-19(27)24-12-17-9-10-18(30-17)15-5-7-16(23)8-6-15/h5-10,14H,2-4,11-13H2,1H3,(H,24,27)(H,25,29)/t14-,22+/m0/s1. The molecule has 2 atom stereocenters. The Morgan fingerprint density at radius 1 is 1.23 bits per heavy atom. The van der Waals surface area contributed by atoms with Gasteiger partial charge in [-0.05, 0) is 43.0 Å². The molecule has 1 aliphatic heterocycles. The highest BCUT2D eigenvalue weighted by Crippen LogP contribution is 2.38. The number of rotatable bonds is 5. The van der Waals surface area contributed by atoms with E-state index in [2.05, 4.69) is 26.6 Å². The number of hydrogen-bond acceptors (Lipinski definition) is 4. The summed E-state index contributed by atoms with van der Waals surface area (Å²) in [5.74, 6) is 0.673. The second-order valence-electron chi connectivity index (χ2n) is 7.99. The van der Waals surface area contributed by atoms with Crippen LogP contribution < -0.4 is 10.6 Å². The van der Waals surface area contributed by atoms with E-state index >= 15 is 0 Å². The van der Waals surface area contributed by atoms with Crippen LogP contribution in [0.15, 0.2) is 45.3 Å². The normalized spacial score (nSPS) is 23.7. The van der Waals surface area contributed by atoms with Crippen LogP contribution in [-0.4, -0.2) is 34.8 Å². The van der Waals surface area contributed by atoms with Gasteiger partial charge in [0.15, 0.2) is 0 Å². The summed E-state index contributed by atoms with van der Waals surface area (Å²) in [6.07, 6.45) is 3.47. The molecule has 158 valence electrons. The van der Waals surface area contributed by atoms with E-state index < -0.39 is 17.5 Å². The Bertz CT molecular complexity index is 971. The molecule has 2 aliphatic rings. The lowest BCUT2D eigenvalue weighted by Crippen LogP contribution is -2.54. The van der Waals surface area contributed by atoms with Crippen LogP contribution in [0, 0.1) is 5.92 Å².